The van der Waals surface area contributed by atoms with Crippen molar-refractivity contribution in [3.05, 3.63) is 47.0 Å². The molecule has 0 amide bonds. The number of benzene rings is 2. The molecular formula is C17H20ClN3. The predicted octanol–water partition coefficient (Wildman–Crippen LogP) is 4.57. The van der Waals surface area contributed by atoms with Crippen molar-refractivity contribution in [3.63, 3.8) is 0 Å². The summed E-state index contributed by atoms with van der Waals surface area (Å²) in [6.07, 6.45) is 2.59. The van der Waals surface area contributed by atoms with E-state index in [-0.39, 0.29) is 0 Å². The Morgan fingerprint density at radius 1 is 1.10 bits per heavy atom. The molecule has 0 spiro atoms. The maximum absolute atomic E-state index is 6.09. The summed E-state index contributed by atoms with van der Waals surface area (Å²) in [6, 6.07) is 12.3. The van der Waals surface area contributed by atoms with E-state index in [4.69, 9.17) is 17.3 Å². The standard InChI is InChI=1S/C17H20ClN3/c1-12-10-16(19)15(18)11-17(12)20-13-4-6-14(7-5-13)21-8-2-3-9-21/h4-7,10-11,20H,2-3,8-9,19H2,1H3. The third-order valence-electron chi connectivity index (χ3n) is 3.96. The summed E-state index contributed by atoms with van der Waals surface area (Å²) in [5.41, 5.74) is 10.8. The molecule has 1 heterocycles. The van der Waals surface area contributed by atoms with Gasteiger partial charge in [-0.2, -0.15) is 0 Å². The zero-order valence-corrected chi connectivity index (χ0v) is 13.0. The van der Waals surface area contributed by atoms with Gasteiger partial charge in [0.15, 0.2) is 0 Å². The van der Waals surface area contributed by atoms with Gasteiger partial charge >= 0.3 is 0 Å². The van der Waals surface area contributed by atoms with Gasteiger partial charge in [-0.15, -0.1) is 0 Å². The van der Waals surface area contributed by atoms with Crippen molar-refractivity contribution in [2.45, 2.75) is 19.8 Å². The molecule has 21 heavy (non-hydrogen) atoms. The summed E-state index contributed by atoms with van der Waals surface area (Å²) in [4.78, 5) is 2.43. The van der Waals surface area contributed by atoms with E-state index in [1.165, 1.54) is 31.6 Å². The fourth-order valence-electron chi connectivity index (χ4n) is 2.72. The van der Waals surface area contributed by atoms with Crippen molar-refractivity contribution in [2.24, 2.45) is 0 Å². The maximum atomic E-state index is 6.09. The van der Waals surface area contributed by atoms with Crippen LogP contribution in [-0.2, 0) is 0 Å². The molecule has 1 fully saturated rings. The lowest BCUT2D eigenvalue weighted by molar-refractivity contribution is 0.949. The van der Waals surface area contributed by atoms with E-state index in [1.807, 2.05) is 19.1 Å². The van der Waals surface area contributed by atoms with Gasteiger partial charge in [0.05, 0.1) is 10.7 Å². The average Bonchev–Trinajstić information content (AvgIpc) is 3.00. The Hall–Kier alpha value is -1.87. The Kier molecular flexibility index (Phi) is 3.93. The van der Waals surface area contributed by atoms with Crippen LogP contribution in [0.15, 0.2) is 36.4 Å². The molecule has 0 bridgehead atoms. The largest absolute Gasteiger partial charge is 0.398 e. The summed E-state index contributed by atoms with van der Waals surface area (Å²) in [5, 5.41) is 3.98. The molecule has 0 radical (unpaired) electrons. The lowest BCUT2D eigenvalue weighted by atomic mass is 10.1. The summed E-state index contributed by atoms with van der Waals surface area (Å²) in [6.45, 7) is 4.35. The highest BCUT2D eigenvalue weighted by molar-refractivity contribution is 6.33. The van der Waals surface area contributed by atoms with Crippen molar-refractivity contribution in [2.75, 3.05) is 29.0 Å². The normalized spacial score (nSPS) is 14.5. The minimum atomic E-state index is 0.580. The molecule has 1 saturated heterocycles. The lowest BCUT2D eigenvalue weighted by Crippen LogP contribution is -2.17. The topological polar surface area (TPSA) is 41.3 Å². The summed E-state index contributed by atoms with van der Waals surface area (Å²) in [5.74, 6) is 0. The first-order valence-corrected chi connectivity index (χ1v) is 7.69. The minimum Gasteiger partial charge on any atom is -0.398 e. The first kappa shape index (κ1) is 14.1. The number of rotatable bonds is 3. The maximum Gasteiger partial charge on any atom is 0.0656 e. The monoisotopic (exact) mass is 301 g/mol. The Morgan fingerprint density at radius 3 is 2.43 bits per heavy atom. The van der Waals surface area contributed by atoms with E-state index in [2.05, 4.69) is 34.5 Å². The molecule has 0 saturated carbocycles. The number of anilines is 4. The highest BCUT2D eigenvalue weighted by Crippen LogP contribution is 2.30. The SMILES string of the molecule is Cc1cc(N)c(Cl)cc1Nc1ccc(N2CCCC2)cc1. The van der Waals surface area contributed by atoms with Crippen LogP contribution in [0.4, 0.5) is 22.7 Å². The highest BCUT2D eigenvalue weighted by atomic mass is 35.5. The Balaban J connectivity index is 1.77. The number of nitrogens with zero attached hydrogens (tertiary/aromatic N) is 1. The number of nitrogens with two attached hydrogens (primary N) is 1. The molecule has 3 nitrogen and oxygen atoms in total. The van der Waals surface area contributed by atoms with Crippen LogP contribution >= 0.6 is 11.6 Å². The van der Waals surface area contributed by atoms with Gasteiger partial charge < -0.3 is 16.0 Å². The zero-order chi connectivity index (χ0) is 14.8. The second kappa shape index (κ2) is 5.86. The summed E-state index contributed by atoms with van der Waals surface area (Å²) in [7, 11) is 0. The van der Waals surface area contributed by atoms with E-state index in [0.29, 0.717) is 10.7 Å². The molecule has 2 aromatic rings. The second-order valence-corrected chi connectivity index (χ2v) is 5.96. The van der Waals surface area contributed by atoms with Crippen molar-refractivity contribution in [3.8, 4) is 0 Å². The molecule has 0 aromatic heterocycles. The van der Waals surface area contributed by atoms with Gasteiger partial charge in [-0.05, 0) is 61.7 Å². The van der Waals surface area contributed by atoms with Crippen molar-refractivity contribution < 1.29 is 0 Å². The van der Waals surface area contributed by atoms with Gasteiger partial charge in [0.1, 0.15) is 0 Å². The van der Waals surface area contributed by atoms with Gasteiger partial charge in [-0.3, -0.25) is 0 Å². The molecule has 2 aromatic carbocycles. The van der Waals surface area contributed by atoms with Crippen molar-refractivity contribution >= 4 is 34.4 Å². The van der Waals surface area contributed by atoms with Crippen LogP contribution in [0.25, 0.3) is 0 Å². The molecule has 0 unspecified atom stereocenters. The minimum absolute atomic E-state index is 0.580. The van der Waals surface area contributed by atoms with E-state index in [0.717, 1.165) is 16.9 Å². The molecule has 110 valence electrons. The van der Waals surface area contributed by atoms with Crippen LogP contribution in [0, 0.1) is 6.92 Å². The highest BCUT2D eigenvalue weighted by Gasteiger charge is 2.12. The molecule has 0 aliphatic carbocycles. The quantitative estimate of drug-likeness (QED) is 0.816. The van der Waals surface area contributed by atoms with Crippen LogP contribution in [0.1, 0.15) is 18.4 Å². The number of nitrogens with one attached hydrogen (secondary N) is 1. The lowest BCUT2D eigenvalue weighted by Gasteiger charge is -2.18. The zero-order valence-electron chi connectivity index (χ0n) is 12.2. The van der Waals surface area contributed by atoms with Crippen LogP contribution in [0.5, 0.6) is 0 Å². The molecule has 1 aliphatic heterocycles. The molecule has 3 rings (SSSR count). The Labute approximate surface area is 130 Å². The molecule has 4 heteroatoms. The number of aryl methyl sites for hydroxylation is 1. The Bertz CT molecular complexity index is 631. The summed E-state index contributed by atoms with van der Waals surface area (Å²) < 4.78 is 0. The first-order chi connectivity index (χ1) is 10.1. The third-order valence-corrected chi connectivity index (χ3v) is 4.29. The number of nitrogen functional groups attached to an aromatic ring is 1. The first-order valence-electron chi connectivity index (χ1n) is 7.31. The number of hydrogen-bond donors (Lipinski definition) is 2. The fourth-order valence-corrected chi connectivity index (χ4v) is 2.89. The summed E-state index contributed by atoms with van der Waals surface area (Å²) >= 11 is 6.09. The molecule has 1 aliphatic rings. The van der Waals surface area contributed by atoms with E-state index < -0.39 is 0 Å². The van der Waals surface area contributed by atoms with Gasteiger partial charge in [0.25, 0.3) is 0 Å². The van der Waals surface area contributed by atoms with E-state index in [9.17, 15) is 0 Å². The third kappa shape index (κ3) is 3.08. The van der Waals surface area contributed by atoms with Crippen LogP contribution < -0.4 is 16.0 Å². The van der Waals surface area contributed by atoms with Crippen molar-refractivity contribution in [1.82, 2.24) is 0 Å². The molecule has 3 N–H and O–H groups in total. The predicted molar refractivity (Wildman–Crippen MR) is 91.8 cm³/mol. The Morgan fingerprint density at radius 2 is 1.76 bits per heavy atom. The van der Waals surface area contributed by atoms with Gasteiger partial charge in [-0.1, -0.05) is 11.6 Å². The van der Waals surface area contributed by atoms with Crippen LogP contribution in [-0.4, -0.2) is 13.1 Å². The van der Waals surface area contributed by atoms with Gasteiger partial charge in [0.2, 0.25) is 0 Å². The van der Waals surface area contributed by atoms with Gasteiger partial charge in [-0.25, -0.2) is 0 Å². The molecule has 0 atom stereocenters. The smallest absolute Gasteiger partial charge is 0.0656 e. The van der Waals surface area contributed by atoms with Crippen LogP contribution in [0.2, 0.25) is 5.02 Å². The van der Waals surface area contributed by atoms with Gasteiger partial charge in [0, 0.05) is 30.2 Å². The van der Waals surface area contributed by atoms with Crippen molar-refractivity contribution in [1.29, 1.82) is 0 Å². The molecular weight excluding hydrogens is 282 g/mol. The fraction of sp³-hybridized carbons (Fsp3) is 0.294. The van der Waals surface area contributed by atoms with E-state index >= 15 is 0 Å². The number of hydrogen-bond acceptors (Lipinski definition) is 3. The van der Waals surface area contributed by atoms with Crippen LogP contribution in [0.3, 0.4) is 0 Å². The van der Waals surface area contributed by atoms with E-state index in [1.54, 1.807) is 0 Å². The second-order valence-electron chi connectivity index (χ2n) is 5.55. The average molecular weight is 302 g/mol. The number of halogens is 1.